The molecule has 0 aliphatic carbocycles. The summed E-state index contributed by atoms with van der Waals surface area (Å²) in [5.41, 5.74) is 4.18. The topological polar surface area (TPSA) is 158 Å². The van der Waals surface area contributed by atoms with Gasteiger partial charge in [0.25, 0.3) is 20.2 Å². The molecule has 0 heterocycles. The lowest BCUT2D eigenvalue weighted by molar-refractivity contribution is 0.481. The van der Waals surface area contributed by atoms with Crippen molar-refractivity contribution in [2.45, 2.75) is 30.6 Å². The van der Waals surface area contributed by atoms with Crippen LogP contribution in [-0.4, -0.2) is 25.9 Å². The quantitative estimate of drug-likeness (QED) is 0.197. The molecule has 2 N–H and O–H groups in total. The van der Waals surface area contributed by atoms with Crippen molar-refractivity contribution in [3.8, 4) is 0 Å². The second-order valence-electron chi connectivity index (χ2n) is 8.38. The highest BCUT2D eigenvalue weighted by Gasteiger charge is 2.13. The first kappa shape index (κ1) is 26.2. The molecule has 4 rings (SSSR count). The molecule has 0 aliphatic rings. The number of fused-ring (bicyclic) bond motifs is 1. The van der Waals surface area contributed by atoms with Gasteiger partial charge in [0, 0.05) is 5.39 Å². The first-order chi connectivity index (χ1) is 17.3. The average Bonchev–Trinajstić information content (AvgIpc) is 2.83. The summed E-state index contributed by atoms with van der Waals surface area (Å²) >= 11 is 0. The molecule has 0 spiro atoms. The van der Waals surface area contributed by atoms with E-state index in [-0.39, 0.29) is 15.5 Å². The van der Waals surface area contributed by atoms with Crippen LogP contribution in [0.5, 0.6) is 0 Å². The van der Waals surface area contributed by atoms with E-state index in [4.69, 9.17) is 0 Å². The highest BCUT2D eigenvalue weighted by atomic mass is 32.2. The second kappa shape index (κ2) is 9.90. The molecule has 0 saturated heterocycles. The number of aryl methyl sites for hydroxylation is 3. The monoisotopic (exact) mass is 538 g/mol. The predicted octanol–water partition coefficient (Wildman–Crippen LogP) is 7.09. The molecule has 0 bridgehead atoms. The third kappa shape index (κ3) is 5.94. The fourth-order valence-electron chi connectivity index (χ4n) is 3.64. The summed E-state index contributed by atoms with van der Waals surface area (Å²) in [6.45, 7) is 5.51. The van der Waals surface area contributed by atoms with E-state index in [0.717, 1.165) is 22.1 Å². The van der Waals surface area contributed by atoms with Gasteiger partial charge in [0.1, 0.15) is 0 Å². The van der Waals surface area contributed by atoms with Gasteiger partial charge in [-0.25, -0.2) is 0 Å². The summed E-state index contributed by atoms with van der Waals surface area (Å²) in [6, 6.07) is 16.9. The molecule has 0 amide bonds. The van der Waals surface area contributed by atoms with E-state index >= 15 is 0 Å². The van der Waals surface area contributed by atoms with Gasteiger partial charge in [0.05, 0.1) is 32.5 Å². The van der Waals surface area contributed by atoms with Crippen LogP contribution in [0.25, 0.3) is 10.8 Å². The van der Waals surface area contributed by atoms with Crippen molar-refractivity contribution in [2.75, 3.05) is 0 Å². The molecule has 0 aromatic heterocycles. The van der Waals surface area contributed by atoms with E-state index in [2.05, 4.69) is 20.5 Å². The third-order valence-corrected chi connectivity index (χ3v) is 7.35. The number of hydrogen-bond acceptors (Lipinski definition) is 8. The molecular weight excluding hydrogens is 516 g/mol. The largest absolute Gasteiger partial charge is 0.294 e. The Bertz CT molecular complexity index is 1810. The normalized spacial score (nSPS) is 12.7. The maximum absolute atomic E-state index is 11.6. The summed E-state index contributed by atoms with van der Waals surface area (Å²) in [4.78, 5) is -0.508. The predicted molar refractivity (Wildman–Crippen MR) is 139 cm³/mol. The van der Waals surface area contributed by atoms with Gasteiger partial charge < -0.3 is 0 Å². The lowest BCUT2D eigenvalue weighted by Crippen LogP contribution is -1.97. The van der Waals surface area contributed by atoms with Crippen molar-refractivity contribution in [3.63, 3.8) is 0 Å². The van der Waals surface area contributed by atoms with Crippen LogP contribution in [0.2, 0.25) is 0 Å². The van der Waals surface area contributed by atoms with E-state index in [0.29, 0.717) is 22.4 Å². The Kier molecular flexibility index (Phi) is 7.02. The molecular formula is C25H22N4O6S2. The van der Waals surface area contributed by atoms with E-state index in [1.807, 2.05) is 19.9 Å². The maximum Gasteiger partial charge on any atom is 0.294 e. The number of hydrogen-bond donors (Lipinski definition) is 2. The zero-order valence-electron chi connectivity index (χ0n) is 20.0. The molecule has 0 atom stereocenters. The summed E-state index contributed by atoms with van der Waals surface area (Å²) in [5.74, 6) is 0. The molecule has 0 radical (unpaired) electrons. The van der Waals surface area contributed by atoms with Gasteiger partial charge in [-0.2, -0.15) is 32.2 Å². The molecule has 10 nitrogen and oxygen atoms in total. The molecule has 0 fully saturated rings. The van der Waals surface area contributed by atoms with Gasteiger partial charge in [-0.1, -0.05) is 18.2 Å². The van der Waals surface area contributed by atoms with Crippen molar-refractivity contribution in [2.24, 2.45) is 20.5 Å². The van der Waals surface area contributed by atoms with Crippen LogP contribution >= 0.6 is 0 Å². The van der Waals surface area contributed by atoms with Crippen LogP contribution in [0, 0.1) is 20.8 Å². The van der Waals surface area contributed by atoms with Crippen molar-refractivity contribution < 1.29 is 25.9 Å². The van der Waals surface area contributed by atoms with Crippen molar-refractivity contribution in [1.82, 2.24) is 0 Å². The number of benzene rings is 4. The Morgan fingerprint density at radius 1 is 0.541 bits per heavy atom. The highest BCUT2D eigenvalue weighted by Crippen LogP contribution is 2.34. The Hall–Kier alpha value is -3.84. The number of azo groups is 2. The van der Waals surface area contributed by atoms with Crippen LogP contribution < -0.4 is 0 Å². The molecule has 4 aromatic carbocycles. The SMILES string of the molecule is Cc1cc(N=Nc2ccc(C)c3ccc(S(=O)(=O)O)cc23)c(C)cc1N=Nc1cccc(S(=O)(=O)O)c1. The molecule has 0 aliphatic heterocycles. The van der Waals surface area contributed by atoms with Gasteiger partial charge in [-0.15, -0.1) is 5.11 Å². The smallest absolute Gasteiger partial charge is 0.282 e. The van der Waals surface area contributed by atoms with Crippen LogP contribution in [0.15, 0.2) is 97.0 Å². The maximum atomic E-state index is 11.6. The van der Waals surface area contributed by atoms with Crippen LogP contribution in [-0.2, 0) is 20.2 Å². The van der Waals surface area contributed by atoms with E-state index in [1.165, 1.54) is 30.3 Å². The van der Waals surface area contributed by atoms with Crippen molar-refractivity contribution in [3.05, 3.63) is 83.4 Å². The summed E-state index contributed by atoms with van der Waals surface area (Å²) in [5, 5.41) is 18.3. The van der Waals surface area contributed by atoms with Crippen LogP contribution in [0.3, 0.4) is 0 Å². The minimum Gasteiger partial charge on any atom is -0.282 e. The molecule has 4 aromatic rings. The zero-order chi connectivity index (χ0) is 27.0. The van der Waals surface area contributed by atoms with Crippen molar-refractivity contribution >= 4 is 53.8 Å². The molecule has 190 valence electrons. The van der Waals surface area contributed by atoms with Crippen molar-refractivity contribution in [1.29, 1.82) is 0 Å². The highest BCUT2D eigenvalue weighted by molar-refractivity contribution is 7.86. The van der Waals surface area contributed by atoms with E-state index < -0.39 is 20.2 Å². The lowest BCUT2D eigenvalue weighted by atomic mass is 10.0. The lowest BCUT2D eigenvalue weighted by Gasteiger charge is -2.08. The van der Waals surface area contributed by atoms with E-state index in [1.54, 1.807) is 37.3 Å². The minimum absolute atomic E-state index is 0.231. The summed E-state index contributed by atoms with van der Waals surface area (Å²) in [7, 11) is -8.73. The summed E-state index contributed by atoms with van der Waals surface area (Å²) < 4.78 is 64.6. The van der Waals surface area contributed by atoms with Gasteiger partial charge in [0.15, 0.2) is 0 Å². The van der Waals surface area contributed by atoms with Crippen LogP contribution in [0.1, 0.15) is 16.7 Å². The Morgan fingerprint density at radius 2 is 1.11 bits per heavy atom. The van der Waals surface area contributed by atoms with E-state index in [9.17, 15) is 25.9 Å². The van der Waals surface area contributed by atoms with Gasteiger partial charge in [-0.3, -0.25) is 9.11 Å². The fourth-order valence-corrected chi connectivity index (χ4v) is 4.66. The van der Waals surface area contributed by atoms with Crippen LogP contribution in [0.4, 0.5) is 22.7 Å². The Balaban J connectivity index is 1.67. The average molecular weight is 539 g/mol. The molecule has 0 saturated carbocycles. The molecule has 12 heteroatoms. The molecule has 37 heavy (non-hydrogen) atoms. The first-order valence-corrected chi connectivity index (χ1v) is 13.7. The second-order valence-corrected chi connectivity index (χ2v) is 11.2. The Labute approximate surface area is 213 Å². The third-order valence-electron chi connectivity index (χ3n) is 5.65. The first-order valence-electron chi connectivity index (χ1n) is 10.9. The number of nitrogens with zero attached hydrogens (tertiary/aromatic N) is 4. The minimum atomic E-state index is -4.38. The molecule has 0 unspecified atom stereocenters. The van der Waals surface area contributed by atoms with Gasteiger partial charge in [0.2, 0.25) is 0 Å². The van der Waals surface area contributed by atoms with Gasteiger partial charge >= 0.3 is 0 Å². The fraction of sp³-hybridized carbons (Fsp3) is 0.120. The Morgan fingerprint density at radius 3 is 1.73 bits per heavy atom. The van der Waals surface area contributed by atoms with Gasteiger partial charge in [-0.05, 0) is 91.4 Å². The standard InChI is InChI=1S/C25H22N4O6S2/c1-15-7-10-23(22-14-20(37(33,34)35)8-9-21(15)22)27-29-25-12-16(2)24(11-17(25)3)28-26-18-5-4-6-19(13-18)36(30,31)32/h4-14H,1-3H3,(H,30,31,32)(H,33,34,35). The number of rotatable bonds is 6. The zero-order valence-corrected chi connectivity index (χ0v) is 21.6. The summed E-state index contributed by atoms with van der Waals surface area (Å²) in [6.07, 6.45) is 0.